The smallest absolute Gasteiger partial charge is 0.139 e. The van der Waals surface area contributed by atoms with Gasteiger partial charge in [-0.15, -0.1) is 0 Å². The van der Waals surface area contributed by atoms with Gasteiger partial charge < -0.3 is 10.3 Å². The molecule has 19 heavy (non-hydrogen) atoms. The second-order valence-electron chi connectivity index (χ2n) is 4.50. The number of anilines is 2. The molecule has 0 amide bonds. The first-order valence-electron chi connectivity index (χ1n) is 6.46. The van der Waals surface area contributed by atoms with Gasteiger partial charge in [-0.1, -0.05) is 24.3 Å². The number of aromatic nitrogens is 1. The van der Waals surface area contributed by atoms with Gasteiger partial charge in [-0.05, 0) is 37.1 Å². The number of nitrogens with zero attached hydrogens (tertiary/aromatic N) is 2. The molecule has 2 aromatic rings. The summed E-state index contributed by atoms with van der Waals surface area (Å²) in [6, 6.07) is 12.4. The minimum Gasteiger partial charge on any atom is -0.367 e. The van der Waals surface area contributed by atoms with Crippen molar-refractivity contribution < 1.29 is 0 Å². The number of benzene rings is 1. The molecule has 1 aromatic carbocycles. The van der Waals surface area contributed by atoms with Crippen LogP contribution in [0.15, 0.2) is 42.6 Å². The fraction of sp³-hybridized carbons (Fsp3) is 0.267. The molecule has 4 nitrogen and oxygen atoms in total. The molecule has 100 valence electrons. The van der Waals surface area contributed by atoms with E-state index in [9.17, 15) is 0 Å². The highest BCUT2D eigenvalue weighted by Gasteiger charge is 2.07. The fourth-order valence-electron chi connectivity index (χ4n) is 2.11. The van der Waals surface area contributed by atoms with Gasteiger partial charge in [0.25, 0.3) is 0 Å². The first-order valence-corrected chi connectivity index (χ1v) is 6.46. The van der Waals surface area contributed by atoms with Crippen molar-refractivity contribution in [2.45, 2.75) is 20.4 Å². The summed E-state index contributed by atoms with van der Waals surface area (Å²) in [5, 5.41) is 0. The van der Waals surface area contributed by atoms with E-state index in [2.05, 4.69) is 53.4 Å². The van der Waals surface area contributed by atoms with Gasteiger partial charge in [0.05, 0.1) is 0 Å². The molecule has 0 aliphatic carbocycles. The molecule has 0 aliphatic heterocycles. The van der Waals surface area contributed by atoms with Crippen molar-refractivity contribution in [2.75, 3.05) is 16.9 Å². The third-order valence-electron chi connectivity index (χ3n) is 3.18. The lowest BCUT2D eigenvalue weighted by Gasteiger charge is -2.25. The van der Waals surface area contributed by atoms with Crippen molar-refractivity contribution >= 4 is 11.5 Å². The molecule has 0 bridgehead atoms. The Balaban J connectivity index is 2.17. The van der Waals surface area contributed by atoms with Crippen LogP contribution < -0.4 is 16.2 Å². The minimum absolute atomic E-state index is 0.683. The van der Waals surface area contributed by atoms with Crippen molar-refractivity contribution in [1.29, 1.82) is 0 Å². The Morgan fingerprint density at radius 2 is 2.00 bits per heavy atom. The quantitative estimate of drug-likeness (QED) is 0.638. The normalized spacial score (nSPS) is 10.3. The molecule has 1 aromatic heterocycles. The third kappa shape index (κ3) is 3.23. The van der Waals surface area contributed by atoms with Crippen LogP contribution in [0.1, 0.15) is 18.1 Å². The number of para-hydroxylation sites is 1. The highest BCUT2D eigenvalue weighted by molar-refractivity contribution is 5.53. The summed E-state index contributed by atoms with van der Waals surface area (Å²) < 4.78 is 0. The summed E-state index contributed by atoms with van der Waals surface area (Å²) >= 11 is 0. The van der Waals surface area contributed by atoms with Gasteiger partial charge in [0.2, 0.25) is 0 Å². The molecule has 2 rings (SSSR count). The van der Waals surface area contributed by atoms with Crippen molar-refractivity contribution in [1.82, 2.24) is 4.98 Å². The van der Waals surface area contributed by atoms with Crippen LogP contribution in [0, 0.1) is 6.92 Å². The molecule has 4 heteroatoms. The van der Waals surface area contributed by atoms with Crippen molar-refractivity contribution in [3.8, 4) is 0 Å². The van der Waals surface area contributed by atoms with Crippen LogP contribution in [-0.4, -0.2) is 11.5 Å². The minimum atomic E-state index is 0.683. The van der Waals surface area contributed by atoms with Gasteiger partial charge in [-0.2, -0.15) is 0 Å². The van der Waals surface area contributed by atoms with E-state index in [0.717, 1.165) is 13.1 Å². The highest BCUT2D eigenvalue weighted by atomic mass is 15.2. The zero-order valence-electron chi connectivity index (χ0n) is 11.4. The van der Waals surface area contributed by atoms with Gasteiger partial charge in [0.15, 0.2) is 0 Å². The molecule has 0 saturated heterocycles. The van der Waals surface area contributed by atoms with Crippen LogP contribution in [-0.2, 0) is 6.54 Å². The number of rotatable bonds is 5. The van der Waals surface area contributed by atoms with Gasteiger partial charge in [-0.25, -0.2) is 10.8 Å². The van der Waals surface area contributed by atoms with Crippen LogP contribution in [0.3, 0.4) is 0 Å². The fourth-order valence-corrected chi connectivity index (χ4v) is 2.11. The number of hydrogen-bond donors (Lipinski definition) is 2. The number of nitrogens with two attached hydrogens (primary N) is 1. The van der Waals surface area contributed by atoms with E-state index in [1.165, 1.54) is 16.8 Å². The Kier molecular flexibility index (Phi) is 4.36. The van der Waals surface area contributed by atoms with Crippen LogP contribution in [0.4, 0.5) is 11.5 Å². The van der Waals surface area contributed by atoms with Crippen molar-refractivity contribution in [3.05, 3.63) is 53.7 Å². The Labute approximate surface area is 114 Å². The van der Waals surface area contributed by atoms with Crippen molar-refractivity contribution in [2.24, 2.45) is 5.84 Å². The number of hydrazine groups is 1. The number of pyridine rings is 1. The first kappa shape index (κ1) is 13.4. The van der Waals surface area contributed by atoms with E-state index in [1.807, 2.05) is 18.3 Å². The lowest BCUT2D eigenvalue weighted by molar-refractivity contribution is 0.824. The molecule has 1 heterocycles. The van der Waals surface area contributed by atoms with E-state index in [1.54, 1.807) is 0 Å². The Hall–Kier alpha value is -2.07. The molecular formula is C15H20N4. The Bertz CT molecular complexity index is 522. The standard InChI is InChI=1S/C15H20N4/c1-3-19(14-7-5-4-6-12(14)2)11-13-8-9-15(18-16)17-10-13/h4-10H,3,11,16H2,1-2H3,(H,17,18). The second kappa shape index (κ2) is 6.20. The average molecular weight is 256 g/mol. The number of nitrogens with one attached hydrogen (secondary N) is 1. The largest absolute Gasteiger partial charge is 0.367 e. The zero-order chi connectivity index (χ0) is 13.7. The summed E-state index contributed by atoms with van der Waals surface area (Å²) in [7, 11) is 0. The van der Waals surface area contributed by atoms with Crippen LogP contribution in [0.2, 0.25) is 0 Å². The van der Waals surface area contributed by atoms with E-state index >= 15 is 0 Å². The molecular weight excluding hydrogens is 236 g/mol. The van der Waals surface area contributed by atoms with E-state index in [4.69, 9.17) is 5.84 Å². The van der Waals surface area contributed by atoms with Crippen LogP contribution in [0.25, 0.3) is 0 Å². The zero-order valence-corrected chi connectivity index (χ0v) is 11.4. The van der Waals surface area contributed by atoms with Crippen molar-refractivity contribution in [3.63, 3.8) is 0 Å². The van der Waals surface area contributed by atoms with E-state index in [0.29, 0.717) is 5.82 Å². The molecule has 0 aliphatic rings. The summed E-state index contributed by atoms with van der Waals surface area (Å²) in [4.78, 5) is 6.57. The number of nitrogen functional groups attached to an aromatic ring is 1. The maximum absolute atomic E-state index is 5.32. The lowest BCUT2D eigenvalue weighted by atomic mass is 10.1. The van der Waals surface area contributed by atoms with Gasteiger partial charge >= 0.3 is 0 Å². The summed E-state index contributed by atoms with van der Waals surface area (Å²) in [5.74, 6) is 6.00. The molecule has 0 radical (unpaired) electrons. The Morgan fingerprint density at radius 3 is 2.58 bits per heavy atom. The lowest BCUT2D eigenvalue weighted by Crippen LogP contribution is -2.23. The number of hydrogen-bond acceptors (Lipinski definition) is 4. The molecule has 3 N–H and O–H groups in total. The third-order valence-corrected chi connectivity index (χ3v) is 3.18. The molecule has 0 unspecified atom stereocenters. The predicted molar refractivity (Wildman–Crippen MR) is 80.0 cm³/mol. The van der Waals surface area contributed by atoms with E-state index in [-0.39, 0.29) is 0 Å². The Morgan fingerprint density at radius 1 is 1.21 bits per heavy atom. The molecule has 0 fully saturated rings. The van der Waals surface area contributed by atoms with Gasteiger partial charge in [-0.3, -0.25) is 0 Å². The van der Waals surface area contributed by atoms with Gasteiger partial charge in [0, 0.05) is 25.0 Å². The van der Waals surface area contributed by atoms with Gasteiger partial charge in [0.1, 0.15) is 5.82 Å². The number of aryl methyl sites for hydroxylation is 1. The molecule has 0 saturated carbocycles. The predicted octanol–water partition coefficient (Wildman–Crippen LogP) is 2.70. The highest BCUT2D eigenvalue weighted by Crippen LogP contribution is 2.21. The maximum atomic E-state index is 5.32. The maximum Gasteiger partial charge on any atom is 0.139 e. The monoisotopic (exact) mass is 256 g/mol. The SMILES string of the molecule is CCN(Cc1ccc(NN)nc1)c1ccccc1C. The van der Waals surface area contributed by atoms with E-state index < -0.39 is 0 Å². The first-order chi connectivity index (χ1) is 9.24. The molecule has 0 spiro atoms. The topological polar surface area (TPSA) is 54.2 Å². The summed E-state index contributed by atoms with van der Waals surface area (Å²) in [6.45, 7) is 6.11. The average Bonchev–Trinajstić information content (AvgIpc) is 2.46. The summed E-state index contributed by atoms with van der Waals surface area (Å²) in [5.41, 5.74) is 6.27. The van der Waals surface area contributed by atoms with Crippen LogP contribution >= 0.6 is 0 Å². The van der Waals surface area contributed by atoms with Crippen LogP contribution in [0.5, 0.6) is 0 Å². The second-order valence-corrected chi connectivity index (χ2v) is 4.50. The summed E-state index contributed by atoms with van der Waals surface area (Å²) in [6.07, 6.45) is 1.86. The molecule has 0 atom stereocenters.